The Morgan fingerprint density at radius 2 is 2.38 bits per heavy atom. The van der Waals surface area contributed by atoms with E-state index in [-0.39, 0.29) is 5.91 Å². The first-order valence-corrected chi connectivity index (χ1v) is 8.42. The maximum atomic E-state index is 12.8. The third-order valence-electron chi connectivity index (χ3n) is 3.77. The first-order valence-electron chi connectivity index (χ1n) is 7.37. The monoisotopic (exact) mass is 305 g/mol. The van der Waals surface area contributed by atoms with E-state index in [9.17, 15) is 4.79 Å². The third-order valence-corrected chi connectivity index (χ3v) is 4.96. The summed E-state index contributed by atoms with van der Waals surface area (Å²) in [7, 11) is 0. The Kier molecular flexibility index (Phi) is 4.38. The number of hydrogen-bond donors (Lipinski definition) is 0. The lowest BCUT2D eigenvalue weighted by Crippen LogP contribution is -2.36. The molecule has 112 valence electrons. The molecule has 1 aliphatic rings. The van der Waals surface area contributed by atoms with Crippen LogP contribution < -0.4 is 0 Å². The fraction of sp³-hybridized carbons (Fsp3) is 0.571. The van der Waals surface area contributed by atoms with Crippen molar-refractivity contribution < 1.29 is 4.79 Å². The van der Waals surface area contributed by atoms with Crippen LogP contribution in [0, 0.1) is 0 Å². The van der Waals surface area contributed by atoms with Crippen molar-refractivity contribution in [2.45, 2.75) is 31.4 Å². The smallest absolute Gasteiger partial charge is 0.257 e. The van der Waals surface area contributed by atoms with Crippen molar-refractivity contribution in [3.8, 4) is 0 Å². The molecule has 3 rings (SSSR count). The average molecular weight is 305 g/mol. The summed E-state index contributed by atoms with van der Waals surface area (Å²) in [6, 6.07) is 3.62. The van der Waals surface area contributed by atoms with Crippen molar-refractivity contribution in [3.63, 3.8) is 0 Å². The van der Waals surface area contributed by atoms with E-state index in [2.05, 4.69) is 22.4 Å². The Balaban J connectivity index is 1.84. The summed E-state index contributed by atoms with van der Waals surface area (Å²) < 4.78 is 1.54. The number of fused-ring (bicyclic) bond motifs is 1. The van der Waals surface area contributed by atoms with Gasteiger partial charge in [-0.15, -0.1) is 5.10 Å². The first kappa shape index (κ1) is 14.3. The molecule has 2 aromatic rings. The molecule has 1 fully saturated rings. The van der Waals surface area contributed by atoms with Crippen molar-refractivity contribution in [2.75, 3.05) is 18.8 Å². The zero-order chi connectivity index (χ0) is 14.7. The molecule has 21 heavy (non-hydrogen) atoms. The van der Waals surface area contributed by atoms with Crippen molar-refractivity contribution in [1.82, 2.24) is 24.9 Å². The lowest BCUT2D eigenvalue weighted by molar-refractivity contribution is 0.0764. The van der Waals surface area contributed by atoms with Gasteiger partial charge in [-0.1, -0.05) is 13.3 Å². The van der Waals surface area contributed by atoms with Gasteiger partial charge in [0.25, 0.3) is 5.91 Å². The number of likely N-dealkylation sites (tertiary alicyclic amines) is 1. The average Bonchev–Trinajstić information content (AvgIpc) is 2.86. The largest absolute Gasteiger partial charge is 0.337 e. The van der Waals surface area contributed by atoms with Crippen LogP contribution in [0.25, 0.3) is 5.65 Å². The van der Waals surface area contributed by atoms with Crippen LogP contribution in [0.1, 0.15) is 36.5 Å². The molecule has 0 saturated carbocycles. The van der Waals surface area contributed by atoms with Gasteiger partial charge >= 0.3 is 0 Å². The van der Waals surface area contributed by atoms with Crippen LogP contribution in [-0.4, -0.2) is 54.9 Å². The molecule has 7 heteroatoms. The van der Waals surface area contributed by atoms with Crippen LogP contribution in [-0.2, 0) is 0 Å². The SMILES string of the molecule is CCSC1CCCCN(C(=O)c2cccn3nnnc23)C1. The fourth-order valence-corrected chi connectivity index (χ4v) is 3.85. The summed E-state index contributed by atoms with van der Waals surface area (Å²) in [5.41, 5.74) is 1.12. The topological polar surface area (TPSA) is 63.4 Å². The van der Waals surface area contributed by atoms with Crippen LogP contribution in [0.3, 0.4) is 0 Å². The van der Waals surface area contributed by atoms with Crippen molar-refractivity contribution in [1.29, 1.82) is 0 Å². The van der Waals surface area contributed by atoms with Crippen molar-refractivity contribution in [3.05, 3.63) is 23.9 Å². The fourth-order valence-electron chi connectivity index (χ4n) is 2.76. The molecule has 3 heterocycles. The van der Waals surface area contributed by atoms with Crippen LogP contribution >= 0.6 is 11.8 Å². The Labute approximate surface area is 127 Å². The van der Waals surface area contributed by atoms with Gasteiger partial charge in [-0.25, -0.2) is 0 Å². The molecule has 1 atom stereocenters. The van der Waals surface area contributed by atoms with Crippen LogP contribution in [0.2, 0.25) is 0 Å². The van der Waals surface area contributed by atoms with E-state index in [1.54, 1.807) is 16.8 Å². The lowest BCUT2D eigenvalue weighted by Gasteiger charge is -2.24. The van der Waals surface area contributed by atoms with Gasteiger partial charge in [0, 0.05) is 24.5 Å². The van der Waals surface area contributed by atoms with Crippen LogP contribution in [0.4, 0.5) is 0 Å². The second-order valence-corrected chi connectivity index (χ2v) is 6.77. The molecule has 0 N–H and O–H groups in total. The molecule has 1 aliphatic heterocycles. The lowest BCUT2D eigenvalue weighted by atomic mass is 10.2. The molecule has 0 aliphatic carbocycles. The number of rotatable bonds is 3. The summed E-state index contributed by atoms with van der Waals surface area (Å²) in [6.07, 6.45) is 5.21. The Morgan fingerprint density at radius 1 is 1.48 bits per heavy atom. The zero-order valence-electron chi connectivity index (χ0n) is 12.1. The second-order valence-electron chi connectivity index (χ2n) is 5.19. The van der Waals surface area contributed by atoms with E-state index < -0.39 is 0 Å². The highest BCUT2D eigenvalue weighted by molar-refractivity contribution is 7.99. The Morgan fingerprint density at radius 3 is 3.24 bits per heavy atom. The van der Waals surface area contributed by atoms with E-state index in [0.717, 1.165) is 25.3 Å². The van der Waals surface area contributed by atoms with Gasteiger partial charge in [-0.3, -0.25) is 4.79 Å². The number of thioether (sulfide) groups is 1. The maximum Gasteiger partial charge on any atom is 0.257 e. The highest BCUT2D eigenvalue weighted by Gasteiger charge is 2.24. The molecule has 6 nitrogen and oxygen atoms in total. The summed E-state index contributed by atoms with van der Waals surface area (Å²) in [6.45, 7) is 3.81. The standard InChI is InChI=1S/C14H19N5OS/c1-2-21-11-6-3-4-8-18(10-11)14(20)12-7-5-9-19-13(12)15-16-17-19/h5,7,9,11H,2-4,6,8,10H2,1H3. The highest BCUT2D eigenvalue weighted by Crippen LogP contribution is 2.23. The number of tetrazole rings is 1. The molecule has 0 bridgehead atoms. The predicted octanol–water partition coefficient (Wildman–Crippen LogP) is 1.87. The van der Waals surface area contributed by atoms with Gasteiger partial charge in [0.15, 0.2) is 5.65 Å². The van der Waals surface area contributed by atoms with Gasteiger partial charge in [-0.2, -0.15) is 16.3 Å². The quantitative estimate of drug-likeness (QED) is 0.866. The predicted molar refractivity (Wildman–Crippen MR) is 82.5 cm³/mol. The summed E-state index contributed by atoms with van der Waals surface area (Å²) in [5, 5.41) is 12.0. The molecule has 2 aromatic heterocycles. The molecular weight excluding hydrogens is 286 g/mol. The zero-order valence-corrected chi connectivity index (χ0v) is 12.9. The molecule has 0 radical (unpaired) electrons. The molecule has 0 spiro atoms. The van der Waals surface area contributed by atoms with Crippen LogP contribution in [0.15, 0.2) is 18.3 Å². The summed E-state index contributed by atoms with van der Waals surface area (Å²) in [4.78, 5) is 14.8. The Bertz CT molecular complexity index is 629. The van der Waals surface area contributed by atoms with E-state index in [0.29, 0.717) is 16.5 Å². The second kappa shape index (κ2) is 6.43. The molecular formula is C14H19N5OS. The van der Waals surface area contributed by atoms with Gasteiger partial charge in [0.2, 0.25) is 0 Å². The number of aromatic nitrogens is 4. The van der Waals surface area contributed by atoms with Crippen molar-refractivity contribution in [2.24, 2.45) is 0 Å². The molecule has 1 amide bonds. The van der Waals surface area contributed by atoms with E-state index >= 15 is 0 Å². The third kappa shape index (κ3) is 3.02. The number of nitrogens with zero attached hydrogens (tertiary/aromatic N) is 5. The van der Waals surface area contributed by atoms with E-state index in [4.69, 9.17) is 0 Å². The summed E-state index contributed by atoms with van der Waals surface area (Å²) in [5.74, 6) is 1.13. The highest BCUT2D eigenvalue weighted by atomic mass is 32.2. The molecule has 0 aromatic carbocycles. The van der Waals surface area contributed by atoms with Crippen molar-refractivity contribution >= 4 is 23.3 Å². The minimum atomic E-state index is 0.0407. The number of amides is 1. The minimum absolute atomic E-state index is 0.0407. The van der Waals surface area contributed by atoms with Gasteiger partial charge in [0.1, 0.15) is 0 Å². The summed E-state index contributed by atoms with van der Waals surface area (Å²) >= 11 is 1.95. The Hall–Kier alpha value is -1.63. The van der Waals surface area contributed by atoms with E-state index in [1.165, 1.54) is 12.8 Å². The number of carbonyl (C=O) groups is 1. The minimum Gasteiger partial charge on any atom is -0.337 e. The number of pyridine rings is 1. The van der Waals surface area contributed by atoms with Gasteiger partial charge < -0.3 is 4.90 Å². The van der Waals surface area contributed by atoms with Crippen LogP contribution in [0.5, 0.6) is 0 Å². The maximum absolute atomic E-state index is 12.8. The molecule has 1 unspecified atom stereocenters. The first-order chi connectivity index (χ1) is 10.3. The number of carbonyl (C=O) groups excluding carboxylic acids is 1. The van der Waals surface area contributed by atoms with E-state index in [1.807, 2.05) is 22.7 Å². The normalized spacial score (nSPS) is 19.7. The number of hydrogen-bond acceptors (Lipinski definition) is 5. The van der Waals surface area contributed by atoms with Gasteiger partial charge in [-0.05, 0) is 41.2 Å². The molecule has 1 saturated heterocycles. The van der Waals surface area contributed by atoms with Gasteiger partial charge in [0.05, 0.1) is 5.56 Å².